The summed E-state index contributed by atoms with van der Waals surface area (Å²) >= 11 is 0. The van der Waals surface area contributed by atoms with Crippen molar-refractivity contribution >= 4 is 0 Å². The molecule has 2 N–H and O–H groups in total. The number of nitrogens with zero attached hydrogens (tertiary/aromatic N) is 1. The van der Waals surface area contributed by atoms with Crippen molar-refractivity contribution in [3.63, 3.8) is 0 Å². The van der Waals surface area contributed by atoms with Crippen molar-refractivity contribution in [3.8, 4) is 0 Å². The summed E-state index contributed by atoms with van der Waals surface area (Å²) in [7, 11) is 0. The van der Waals surface area contributed by atoms with Crippen LogP contribution in [0.25, 0.3) is 0 Å². The van der Waals surface area contributed by atoms with E-state index in [0.29, 0.717) is 5.92 Å². The van der Waals surface area contributed by atoms with Crippen LogP contribution in [0.5, 0.6) is 0 Å². The molecule has 14 heavy (non-hydrogen) atoms. The van der Waals surface area contributed by atoms with E-state index in [4.69, 9.17) is 5.11 Å². The first-order valence-electron chi connectivity index (χ1n) is 5.28. The summed E-state index contributed by atoms with van der Waals surface area (Å²) in [5.74, 6) is 1.65. The molecule has 0 saturated carbocycles. The van der Waals surface area contributed by atoms with Crippen molar-refractivity contribution in [3.05, 3.63) is 17.2 Å². The zero-order valence-electron chi connectivity index (χ0n) is 9.30. The molecule has 0 aromatic carbocycles. The van der Waals surface area contributed by atoms with Crippen molar-refractivity contribution in [1.29, 1.82) is 0 Å². The fourth-order valence-corrected chi connectivity index (χ4v) is 1.51. The molecule has 3 nitrogen and oxygen atoms in total. The number of nitrogens with one attached hydrogen (secondary N) is 1. The molecule has 0 aliphatic heterocycles. The number of aromatic nitrogens is 2. The lowest BCUT2D eigenvalue weighted by atomic mass is 10.1. The molecule has 0 atom stereocenters. The number of aryl methyl sites for hydroxylation is 2. The molecular weight excluding hydrogens is 176 g/mol. The third kappa shape index (κ3) is 3.14. The Kier molecular flexibility index (Phi) is 4.14. The van der Waals surface area contributed by atoms with Crippen molar-refractivity contribution in [2.45, 2.75) is 40.0 Å². The minimum absolute atomic E-state index is 0.235. The minimum atomic E-state index is 0.235. The summed E-state index contributed by atoms with van der Waals surface area (Å²) in [5, 5.41) is 8.71. The standard InChI is InChI=1S/C11H20N2O/c1-8(2)7-10-9(3)12-11(13-10)5-4-6-14/h8,14H,4-7H2,1-3H3,(H,12,13). The second-order valence-corrected chi connectivity index (χ2v) is 4.18. The molecule has 1 rings (SSSR count). The summed E-state index contributed by atoms with van der Waals surface area (Å²) < 4.78 is 0. The minimum Gasteiger partial charge on any atom is -0.396 e. The van der Waals surface area contributed by atoms with Crippen LogP contribution in [0.15, 0.2) is 0 Å². The highest BCUT2D eigenvalue weighted by Gasteiger charge is 2.07. The SMILES string of the molecule is Cc1[nH]c(CCCO)nc1CC(C)C. The number of rotatable bonds is 5. The van der Waals surface area contributed by atoms with E-state index in [1.807, 2.05) is 0 Å². The molecule has 0 radical (unpaired) electrons. The topological polar surface area (TPSA) is 48.9 Å². The first kappa shape index (κ1) is 11.2. The molecule has 1 aromatic rings. The molecule has 0 aliphatic carbocycles. The molecule has 0 fully saturated rings. The summed E-state index contributed by atoms with van der Waals surface area (Å²) in [6.07, 6.45) is 2.66. The maximum atomic E-state index is 8.71. The quantitative estimate of drug-likeness (QED) is 0.755. The molecule has 0 amide bonds. The van der Waals surface area contributed by atoms with Crippen LogP contribution in [-0.4, -0.2) is 21.7 Å². The fourth-order valence-electron chi connectivity index (χ4n) is 1.51. The third-order valence-electron chi connectivity index (χ3n) is 2.21. The highest BCUT2D eigenvalue weighted by molar-refractivity contribution is 5.13. The van der Waals surface area contributed by atoms with Crippen molar-refractivity contribution in [2.24, 2.45) is 5.92 Å². The van der Waals surface area contributed by atoms with Gasteiger partial charge in [-0.25, -0.2) is 4.98 Å². The molecule has 1 heterocycles. The third-order valence-corrected chi connectivity index (χ3v) is 2.21. The van der Waals surface area contributed by atoms with Gasteiger partial charge in [0.15, 0.2) is 0 Å². The molecule has 3 heteroatoms. The van der Waals surface area contributed by atoms with E-state index in [0.717, 1.165) is 25.1 Å². The predicted octanol–water partition coefficient (Wildman–Crippen LogP) is 1.84. The normalized spacial score (nSPS) is 11.2. The van der Waals surface area contributed by atoms with E-state index in [1.165, 1.54) is 11.4 Å². The van der Waals surface area contributed by atoms with E-state index < -0.39 is 0 Å². The Morgan fingerprint density at radius 3 is 2.71 bits per heavy atom. The van der Waals surface area contributed by atoms with E-state index in [-0.39, 0.29) is 6.61 Å². The summed E-state index contributed by atoms with van der Waals surface area (Å²) in [6.45, 7) is 6.69. The van der Waals surface area contributed by atoms with Crippen molar-refractivity contribution in [2.75, 3.05) is 6.61 Å². The molecular formula is C11H20N2O. The van der Waals surface area contributed by atoms with E-state index in [9.17, 15) is 0 Å². The monoisotopic (exact) mass is 196 g/mol. The van der Waals surface area contributed by atoms with Gasteiger partial charge in [-0.2, -0.15) is 0 Å². The van der Waals surface area contributed by atoms with Crippen LogP contribution in [0.1, 0.15) is 37.5 Å². The van der Waals surface area contributed by atoms with Crippen LogP contribution in [0.3, 0.4) is 0 Å². The number of hydrogen-bond acceptors (Lipinski definition) is 2. The molecule has 0 unspecified atom stereocenters. The van der Waals surface area contributed by atoms with Gasteiger partial charge in [0.05, 0.1) is 5.69 Å². The molecule has 0 bridgehead atoms. The van der Waals surface area contributed by atoms with Crippen LogP contribution in [0.4, 0.5) is 0 Å². The van der Waals surface area contributed by atoms with Crippen LogP contribution in [0, 0.1) is 12.8 Å². The first-order chi connectivity index (χ1) is 6.63. The molecule has 0 saturated heterocycles. The Bertz CT molecular complexity index is 279. The zero-order valence-corrected chi connectivity index (χ0v) is 9.30. The van der Waals surface area contributed by atoms with Gasteiger partial charge in [-0.15, -0.1) is 0 Å². The lowest BCUT2D eigenvalue weighted by Gasteiger charge is -2.00. The Labute approximate surface area is 85.6 Å². The fraction of sp³-hybridized carbons (Fsp3) is 0.727. The summed E-state index contributed by atoms with van der Waals surface area (Å²) in [6, 6.07) is 0. The van der Waals surface area contributed by atoms with Gasteiger partial charge >= 0.3 is 0 Å². The number of aliphatic hydroxyl groups excluding tert-OH is 1. The Morgan fingerprint density at radius 2 is 2.14 bits per heavy atom. The summed E-state index contributed by atoms with van der Waals surface area (Å²) in [5.41, 5.74) is 2.35. The van der Waals surface area contributed by atoms with Crippen LogP contribution >= 0.6 is 0 Å². The molecule has 0 spiro atoms. The van der Waals surface area contributed by atoms with Crippen molar-refractivity contribution < 1.29 is 5.11 Å². The number of H-pyrrole nitrogens is 1. The van der Waals surface area contributed by atoms with Gasteiger partial charge in [0, 0.05) is 18.7 Å². The lowest BCUT2D eigenvalue weighted by Crippen LogP contribution is -1.96. The highest BCUT2D eigenvalue weighted by atomic mass is 16.2. The van der Waals surface area contributed by atoms with Crippen LogP contribution in [0.2, 0.25) is 0 Å². The van der Waals surface area contributed by atoms with Gasteiger partial charge in [-0.3, -0.25) is 0 Å². The van der Waals surface area contributed by atoms with Gasteiger partial charge in [0.2, 0.25) is 0 Å². The predicted molar refractivity (Wildman–Crippen MR) is 57.3 cm³/mol. The average molecular weight is 196 g/mol. The maximum Gasteiger partial charge on any atom is 0.106 e. The van der Waals surface area contributed by atoms with Gasteiger partial charge in [0.1, 0.15) is 5.82 Å². The van der Waals surface area contributed by atoms with E-state index in [2.05, 4.69) is 30.7 Å². The molecule has 80 valence electrons. The van der Waals surface area contributed by atoms with Gasteiger partial charge < -0.3 is 10.1 Å². The molecule has 0 aliphatic rings. The zero-order chi connectivity index (χ0) is 10.6. The number of aromatic amines is 1. The lowest BCUT2D eigenvalue weighted by molar-refractivity contribution is 0.287. The van der Waals surface area contributed by atoms with Crippen LogP contribution < -0.4 is 0 Å². The summed E-state index contributed by atoms with van der Waals surface area (Å²) in [4.78, 5) is 7.78. The second-order valence-electron chi connectivity index (χ2n) is 4.18. The Hall–Kier alpha value is -0.830. The van der Waals surface area contributed by atoms with Crippen LogP contribution in [-0.2, 0) is 12.8 Å². The largest absolute Gasteiger partial charge is 0.396 e. The number of hydrogen-bond donors (Lipinski definition) is 2. The van der Waals surface area contributed by atoms with E-state index in [1.54, 1.807) is 0 Å². The van der Waals surface area contributed by atoms with Crippen molar-refractivity contribution in [1.82, 2.24) is 9.97 Å². The van der Waals surface area contributed by atoms with Gasteiger partial charge in [-0.05, 0) is 25.7 Å². The molecule has 1 aromatic heterocycles. The Morgan fingerprint density at radius 1 is 1.43 bits per heavy atom. The van der Waals surface area contributed by atoms with Gasteiger partial charge in [0.25, 0.3) is 0 Å². The van der Waals surface area contributed by atoms with Gasteiger partial charge in [-0.1, -0.05) is 13.8 Å². The highest BCUT2D eigenvalue weighted by Crippen LogP contribution is 2.11. The maximum absolute atomic E-state index is 8.71. The average Bonchev–Trinajstić information content (AvgIpc) is 2.43. The Balaban J connectivity index is 2.62. The van der Waals surface area contributed by atoms with E-state index >= 15 is 0 Å². The smallest absolute Gasteiger partial charge is 0.106 e. The number of aliphatic hydroxyl groups is 1. The first-order valence-corrected chi connectivity index (χ1v) is 5.28. The number of imidazole rings is 1. The second kappa shape index (κ2) is 5.15.